The Balaban J connectivity index is 2.98. The summed E-state index contributed by atoms with van der Waals surface area (Å²) in [6.07, 6.45) is -8.99. The van der Waals surface area contributed by atoms with Crippen LogP contribution in [0.4, 0.5) is 26.3 Å². The lowest BCUT2D eigenvalue weighted by Gasteiger charge is -2.25. The molecule has 0 saturated carbocycles. The van der Waals surface area contributed by atoms with Crippen molar-refractivity contribution in [1.29, 1.82) is 0 Å². The van der Waals surface area contributed by atoms with E-state index in [1.807, 2.05) is 0 Å². The van der Waals surface area contributed by atoms with Crippen LogP contribution < -0.4 is 4.74 Å². The van der Waals surface area contributed by atoms with Crippen LogP contribution in [0, 0.1) is 0 Å². The number of hydrogen-bond acceptors (Lipinski definition) is 4. The minimum Gasteiger partial charge on any atom is -0.413 e. The smallest absolute Gasteiger partial charge is 0.413 e. The SMILES string of the molecule is FC(F)C(F)(Oc1ncncn1)C(F)(F)F. The zero-order valence-electron chi connectivity index (χ0n) is 7.25. The summed E-state index contributed by atoms with van der Waals surface area (Å²) >= 11 is 0. The number of aromatic nitrogens is 3. The highest BCUT2D eigenvalue weighted by Gasteiger charge is 2.66. The second-order valence-corrected chi connectivity index (χ2v) is 2.47. The highest BCUT2D eigenvalue weighted by molar-refractivity contribution is 4.94. The van der Waals surface area contributed by atoms with E-state index in [9.17, 15) is 26.3 Å². The average Bonchev–Trinajstić information content (AvgIpc) is 2.17. The molecule has 1 aromatic heterocycles. The molecular formula is C6H3F6N3O. The van der Waals surface area contributed by atoms with Crippen LogP contribution in [0.2, 0.25) is 0 Å². The summed E-state index contributed by atoms with van der Waals surface area (Å²) in [5.41, 5.74) is 0. The van der Waals surface area contributed by atoms with Gasteiger partial charge in [-0.25, -0.2) is 13.8 Å². The Morgan fingerprint density at radius 1 is 1.06 bits per heavy atom. The summed E-state index contributed by atoms with van der Waals surface area (Å²) in [5, 5.41) is 0. The van der Waals surface area contributed by atoms with Gasteiger partial charge in [-0.05, 0) is 0 Å². The van der Waals surface area contributed by atoms with Crippen LogP contribution in [-0.2, 0) is 0 Å². The Morgan fingerprint density at radius 3 is 1.94 bits per heavy atom. The second-order valence-electron chi connectivity index (χ2n) is 2.47. The third kappa shape index (κ3) is 2.31. The third-order valence-corrected chi connectivity index (χ3v) is 1.38. The van der Waals surface area contributed by atoms with Gasteiger partial charge in [0.1, 0.15) is 12.7 Å². The Kier molecular flexibility index (Phi) is 3.19. The van der Waals surface area contributed by atoms with Crippen LogP contribution in [0.5, 0.6) is 6.01 Å². The molecule has 4 nitrogen and oxygen atoms in total. The van der Waals surface area contributed by atoms with Crippen LogP contribution in [0.1, 0.15) is 0 Å². The molecule has 16 heavy (non-hydrogen) atoms. The molecule has 0 N–H and O–H groups in total. The maximum atomic E-state index is 12.9. The first-order valence-electron chi connectivity index (χ1n) is 3.62. The molecule has 0 fully saturated rings. The van der Waals surface area contributed by atoms with E-state index in [1.54, 1.807) is 0 Å². The van der Waals surface area contributed by atoms with Crippen molar-refractivity contribution >= 4 is 0 Å². The standard InChI is InChI=1S/C6H3F6N3O/c7-3(8)5(9,6(10,11)12)16-4-14-1-13-2-15-4/h1-3H. The van der Waals surface area contributed by atoms with Crippen molar-refractivity contribution in [2.24, 2.45) is 0 Å². The summed E-state index contributed by atoms with van der Waals surface area (Å²) in [6.45, 7) is 0. The fourth-order valence-electron chi connectivity index (χ4n) is 0.640. The maximum absolute atomic E-state index is 12.9. The Morgan fingerprint density at radius 2 is 1.56 bits per heavy atom. The van der Waals surface area contributed by atoms with Gasteiger partial charge in [-0.15, -0.1) is 0 Å². The van der Waals surface area contributed by atoms with E-state index in [0.717, 1.165) is 0 Å². The molecule has 90 valence electrons. The molecule has 0 aliphatic rings. The van der Waals surface area contributed by atoms with E-state index in [4.69, 9.17) is 0 Å². The second kappa shape index (κ2) is 4.10. The Hall–Kier alpha value is -1.61. The van der Waals surface area contributed by atoms with E-state index >= 15 is 0 Å². The zero-order chi connectivity index (χ0) is 12.4. The number of halogens is 6. The minimum absolute atomic E-state index is 0.671. The molecule has 0 spiro atoms. The van der Waals surface area contributed by atoms with Gasteiger partial charge in [-0.3, -0.25) is 0 Å². The molecule has 0 bridgehead atoms. The van der Waals surface area contributed by atoms with Crippen molar-refractivity contribution in [3.8, 4) is 6.01 Å². The summed E-state index contributed by atoms with van der Waals surface area (Å²) in [6, 6.07) is -1.19. The minimum atomic E-state index is -5.91. The molecule has 0 radical (unpaired) electrons. The summed E-state index contributed by atoms with van der Waals surface area (Å²) in [4.78, 5) is 9.07. The molecule has 0 saturated heterocycles. The van der Waals surface area contributed by atoms with Crippen molar-refractivity contribution in [2.45, 2.75) is 18.5 Å². The molecule has 1 rings (SSSR count). The van der Waals surface area contributed by atoms with Gasteiger partial charge in [0.05, 0.1) is 0 Å². The molecule has 0 aromatic carbocycles. The van der Waals surface area contributed by atoms with E-state index < -0.39 is 24.5 Å². The zero-order valence-corrected chi connectivity index (χ0v) is 7.25. The van der Waals surface area contributed by atoms with Crippen molar-refractivity contribution in [3.05, 3.63) is 12.7 Å². The molecular weight excluding hydrogens is 244 g/mol. The summed E-state index contributed by atoms with van der Waals surface area (Å²) in [5.74, 6) is -5.14. The monoisotopic (exact) mass is 247 g/mol. The van der Waals surface area contributed by atoms with Crippen molar-refractivity contribution in [1.82, 2.24) is 15.0 Å². The quantitative estimate of drug-likeness (QED) is 0.763. The van der Waals surface area contributed by atoms with Gasteiger partial charge in [0.2, 0.25) is 0 Å². The van der Waals surface area contributed by atoms with Crippen LogP contribution in [-0.4, -0.2) is 33.4 Å². The highest BCUT2D eigenvalue weighted by Crippen LogP contribution is 2.39. The van der Waals surface area contributed by atoms with Crippen molar-refractivity contribution in [3.63, 3.8) is 0 Å². The predicted octanol–water partition coefficient (Wildman–Crippen LogP) is 1.74. The molecule has 1 aromatic rings. The van der Waals surface area contributed by atoms with Crippen LogP contribution in [0.3, 0.4) is 0 Å². The number of hydrogen-bond donors (Lipinski definition) is 0. The maximum Gasteiger partial charge on any atom is 0.466 e. The average molecular weight is 247 g/mol. The van der Waals surface area contributed by atoms with Gasteiger partial charge < -0.3 is 4.74 Å². The third-order valence-electron chi connectivity index (χ3n) is 1.38. The molecule has 0 aliphatic heterocycles. The van der Waals surface area contributed by atoms with E-state index in [-0.39, 0.29) is 0 Å². The Bertz CT molecular complexity index is 344. The topological polar surface area (TPSA) is 47.9 Å². The highest BCUT2D eigenvalue weighted by atomic mass is 19.4. The summed E-state index contributed by atoms with van der Waals surface area (Å²) < 4.78 is 76.2. The first-order valence-corrected chi connectivity index (χ1v) is 3.62. The normalized spacial score (nSPS) is 15.9. The van der Waals surface area contributed by atoms with Crippen LogP contribution in [0.25, 0.3) is 0 Å². The van der Waals surface area contributed by atoms with Gasteiger partial charge in [0.25, 0.3) is 0 Å². The Labute approximate surface area is 84.3 Å². The number of alkyl halides is 6. The molecule has 0 aliphatic carbocycles. The fraction of sp³-hybridized carbons (Fsp3) is 0.500. The van der Waals surface area contributed by atoms with E-state index in [1.165, 1.54) is 0 Å². The van der Waals surface area contributed by atoms with Crippen molar-refractivity contribution < 1.29 is 31.1 Å². The largest absolute Gasteiger partial charge is 0.466 e. The first-order chi connectivity index (χ1) is 7.27. The first kappa shape index (κ1) is 12.5. The lowest BCUT2D eigenvalue weighted by molar-refractivity contribution is -0.341. The predicted molar refractivity (Wildman–Crippen MR) is 36.4 cm³/mol. The van der Waals surface area contributed by atoms with Crippen LogP contribution in [0.15, 0.2) is 12.7 Å². The number of ether oxygens (including phenoxy) is 1. The summed E-state index contributed by atoms with van der Waals surface area (Å²) in [7, 11) is 0. The van der Waals surface area contributed by atoms with Crippen LogP contribution >= 0.6 is 0 Å². The fourth-order valence-corrected chi connectivity index (χ4v) is 0.640. The molecule has 1 unspecified atom stereocenters. The number of nitrogens with zero attached hydrogens (tertiary/aromatic N) is 3. The van der Waals surface area contributed by atoms with Gasteiger partial charge in [0, 0.05) is 0 Å². The lowest BCUT2D eigenvalue weighted by atomic mass is 10.3. The van der Waals surface area contributed by atoms with E-state index in [0.29, 0.717) is 12.7 Å². The van der Waals surface area contributed by atoms with Gasteiger partial charge >= 0.3 is 24.5 Å². The van der Waals surface area contributed by atoms with Gasteiger partial charge in [-0.1, -0.05) is 0 Å². The van der Waals surface area contributed by atoms with E-state index in [2.05, 4.69) is 19.7 Å². The number of rotatable bonds is 3. The molecule has 1 heterocycles. The van der Waals surface area contributed by atoms with Gasteiger partial charge in [-0.2, -0.15) is 27.5 Å². The lowest BCUT2D eigenvalue weighted by Crippen LogP contribution is -2.52. The molecule has 0 amide bonds. The van der Waals surface area contributed by atoms with Gasteiger partial charge in [0.15, 0.2) is 0 Å². The molecule has 1 atom stereocenters. The molecule has 10 heteroatoms. The van der Waals surface area contributed by atoms with Crippen molar-refractivity contribution in [2.75, 3.05) is 0 Å².